The number of nitrogens with two attached hydrogens (primary N) is 3. The molecule has 0 bridgehead atoms. The van der Waals surface area contributed by atoms with Gasteiger partial charge >= 0.3 is 0 Å². The highest BCUT2D eigenvalue weighted by Crippen LogP contribution is 2.09. The number of hydrogen-bond acceptors (Lipinski definition) is 6. The molecule has 0 saturated carbocycles. The van der Waals surface area contributed by atoms with Crippen molar-refractivity contribution in [1.29, 1.82) is 0 Å². The monoisotopic (exact) mass is 224 g/mol. The van der Waals surface area contributed by atoms with Crippen LogP contribution in [-0.4, -0.2) is 35.1 Å². The number of amides is 2. The van der Waals surface area contributed by atoms with E-state index >= 15 is 0 Å². The van der Waals surface area contributed by atoms with Crippen molar-refractivity contribution in [3.05, 3.63) is 12.1 Å². The summed E-state index contributed by atoms with van der Waals surface area (Å²) in [6, 6.07) is 3.02. The number of nitrogen functional groups attached to an aromatic ring is 1. The summed E-state index contributed by atoms with van der Waals surface area (Å²) in [6.07, 6.45) is 0. The lowest BCUT2D eigenvalue weighted by molar-refractivity contribution is -0.117. The van der Waals surface area contributed by atoms with Crippen LogP contribution in [0.3, 0.4) is 0 Å². The fourth-order valence-corrected chi connectivity index (χ4v) is 1.10. The predicted octanol–water partition coefficient (Wildman–Crippen LogP) is -2.16. The Balaban J connectivity index is 2.86. The lowest BCUT2D eigenvalue weighted by Gasteiger charge is -2.19. The highest BCUT2D eigenvalue weighted by Gasteiger charge is 2.13. The number of nitrogens with zero attached hydrogens (tertiary/aromatic N) is 3. The molecule has 0 spiro atoms. The Kier molecular flexibility index (Phi) is 3.59. The van der Waals surface area contributed by atoms with Gasteiger partial charge in [-0.2, -0.15) is 0 Å². The van der Waals surface area contributed by atoms with Gasteiger partial charge < -0.3 is 22.1 Å². The Morgan fingerprint density at radius 2 is 1.69 bits per heavy atom. The maximum Gasteiger partial charge on any atom is 0.237 e. The Hall–Kier alpha value is -2.38. The normalized spacial score (nSPS) is 9.75. The van der Waals surface area contributed by atoms with E-state index in [0.717, 1.165) is 0 Å². The van der Waals surface area contributed by atoms with Crippen molar-refractivity contribution in [3.63, 3.8) is 0 Å². The van der Waals surface area contributed by atoms with Crippen molar-refractivity contribution in [1.82, 2.24) is 10.2 Å². The zero-order chi connectivity index (χ0) is 12.1. The van der Waals surface area contributed by atoms with E-state index in [1.807, 2.05) is 0 Å². The van der Waals surface area contributed by atoms with Crippen LogP contribution in [0.5, 0.6) is 0 Å². The van der Waals surface area contributed by atoms with Crippen molar-refractivity contribution in [2.24, 2.45) is 11.5 Å². The molecule has 0 saturated heterocycles. The minimum absolute atomic E-state index is 0.165. The molecular formula is C8H12N6O2. The number of rotatable bonds is 5. The third kappa shape index (κ3) is 3.40. The first-order valence-electron chi connectivity index (χ1n) is 4.40. The van der Waals surface area contributed by atoms with E-state index in [1.54, 1.807) is 0 Å². The van der Waals surface area contributed by atoms with Crippen LogP contribution in [0.4, 0.5) is 11.6 Å². The smallest absolute Gasteiger partial charge is 0.237 e. The molecule has 86 valence electrons. The fraction of sp³-hybridized carbons (Fsp3) is 0.250. The van der Waals surface area contributed by atoms with E-state index in [1.165, 1.54) is 17.0 Å². The quantitative estimate of drug-likeness (QED) is 0.520. The van der Waals surface area contributed by atoms with Gasteiger partial charge in [0.1, 0.15) is 5.82 Å². The second-order valence-electron chi connectivity index (χ2n) is 3.11. The topological polar surface area (TPSA) is 141 Å². The summed E-state index contributed by atoms with van der Waals surface area (Å²) < 4.78 is 0. The molecule has 0 unspecified atom stereocenters. The van der Waals surface area contributed by atoms with Gasteiger partial charge in [-0.05, 0) is 12.1 Å². The highest BCUT2D eigenvalue weighted by atomic mass is 16.2. The molecule has 0 aliphatic heterocycles. The van der Waals surface area contributed by atoms with Crippen molar-refractivity contribution in [3.8, 4) is 0 Å². The molecule has 6 N–H and O–H groups in total. The van der Waals surface area contributed by atoms with E-state index in [0.29, 0.717) is 5.82 Å². The highest BCUT2D eigenvalue weighted by molar-refractivity contribution is 5.84. The minimum atomic E-state index is -0.597. The zero-order valence-electron chi connectivity index (χ0n) is 8.46. The summed E-state index contributed by atoms with van der Waals surface area (Å²) in [5.74, 6) is -0.645. The van der Waals surface area contributed by atoms with E-state index < -0.39 is 11.8 Å². The molecule has 16 heavy (non-hydrogen) atoms. The molecule has 1 rings (SSSR count). The van der Waals surface area contributed by atoms with E-state index in [2.05, 4.69) is 10.2 Å². The van der Waals surface area contributed by atoms with Crippen LogP contribution in [0, 0.1) is 0 Å². The molecule has 1 aromatic heterocycles. The van der Waals surface area contributed by atoms with E-state index in [4.69, 9.17) is 17.2 Å². The zero-order valence-corrected chi connectivity index (χ0v) is 8.46. The third-order valence-corrected chi connectivity index (χ3v) is 1.69. The third-order valence-electron chi connectivity index (χ3n) is 1.69. The molecular weight excluding hydrogens is 212 g/mol. The summed E-state index contributed by atoms with van der Waals surface area (Å²) in [5, 5.41) is 7.32. The average molecular weight is 224 g/mol. The number of primary amides is 2. The van der Waals surface area contributed by atoms with Gasteiger partial charge in [-0.1, -0.05) is 0 Å². The van der Waals surface area contributed by atoms with Crippen LogP contribution >= 0.6 is 0 Å². The molecule has 0 radical (unpaired) electrons. The number of carbonyl (C=O) groups is 2. The Morgan fingerprint density at radius 3 is 2.06 bits per heavy atom. The minimum Gasteiger partial charge on any atom is -0.382 e. The number of carbonyl (C=O) groups excluding carboxylic acids is 2. The van der Waals surface area contributed by atoms with Gasteiger partial charge in [-0.15, -0.1) is 10.2 Å². The molecule has 0 aliphatic rings. The number of anilines is 2. The lowest BCUT2D eigenvalue weighted by Crippen LogP contribution is -2.40. The summed E-state index contributed by atoms with van der Waals surface area (Å²) in [6.45, 7) is -0.330. The van der Waals surface area contributed by atoms with E-state index in [9.17, 15) is 9.59 Å². The van der Waals surface area contributed by atoms with Gasteiger partial charge in [0, 0.05) is 0 Å². The number of hydrogen-bond donors (Lipinski definition) is 3. The van der Waals surface area contributed by atoms with Crippen LogP contribution in [0.15, 0.2) is 12.1 Å². The molecule has 1 aromatic rings. The molecule has 1 heterocycles. The Morgan fingerprint density at radius 1 is 1.12 bits per heavy atom. The standard InChI is InChI=1S/C8H12N6O2/c9-5-1-2-8(13-12-5)14(3-6(10)15)4-7(11)16/h1-2H,3-4H2,(H2,9,12)(H2,10,15)(H2,11,16). The van der Waals surface area contributed by atoms with Crippen molar-refractivity contribution in [2.75, 3.05) is 23.7 Å². The second kappa shape index (κ2) is 4.91. The van der Waals surface area contributed by atoms with Crippen LogP contribution < -0.4 is 22.1 Å². The van der Waals surface area contributed by atoms with Crippen molar-refractivity contribution >= 4 is 23.5 Å². The molecule has 0 aromatic carbocycles. The van der Waals surface area contributed by atoms with Gasteiger partial charge in [-0.3, -0.25) is 9.59 Å². The van der Waals surface area contributed by atoms with Gasteiger partial charge in [0.25, 0.3) is 0 Å². The fourth-order valence-electron chi connectivity index (χ4n) is 1.10. The predicted molar refractivity (Wildman–Crippen MR) is 57.0 cm³/mol. The van der Waals surface area contributed by atoms with Crippen molar-refractivity contribution in [2.45, 2.75) is 0 Å². The molecule has 0 fully saturated rings. The molecule has 2 amide bonds. The van der Waals surface area contributed by atoms with Gasteiger partial charge in [0.2, 0.25) is 11.8 Å². The molecule has 0 atom stereocenters. The van der Waals surface area contributed by atoms with Crippen LogP contribution in [-0.2, 0) is 9.59 Å². The summed E-state index contributed by atoms with van der Waals surface area (Å²) in [5.41, 5.74) is 15.4. The lowest BCUT2D eigenvalue weighted by atomic mass is 10.4. The van der Waals surface area contributed by atoms with Crippen molar-refractivity contribution < 1.29 is 9.59 Å². The first kappa shape index (κ1) is 11.7. The van der Waals surface area contributed by atoms with Crippen LogP contribution in [0.1, 0.15) is 0 Å². The van der Waals surface area contributed by atoms with Crippen LogP contribution in [0.25, 0.3) is 0 Å². The second-order valence-corrected chi connectivity index (χ2v) is 3.11. The molecule has 8 heteroatoms. The Bertz CT molecular complexity index is 374. The van der Waals surface area contributed by atoms with Crippen LogP contribution in [0.2, 0.25) is 0 Å². The van der Waals surface area contributed by atoms with Gasteiger partial charge in [0.15, 0.2) is 5.82 Å². The SMILES string of the molecule is NC(=O)CN(CC(N)=O)c1ccc(N)nn1. The van der Waals surface area contributed by atoms with Gasteiger partial charge in [0.05, 0.1) is 13.1 Å². The summed E-state index contributed by atoms with van der Waals surface area (Å²) >= 11 is 0. The number of aromatic nitrogens is 2. The molecule has 8 nitrogen and oxygen atoms in total. The van der Waals surface area contributed by atoms with E-state index in [-0.39, 0.29) is 18.9 Å². The average Bonchev–Trinajstić information content (AvgIpc) is 2.16. The Labute approximate surface area is 91.4 Å². The largest absolute Gasteiger partial charge is 0.382 e. The first-order chi connectivity index (χ1) is 7.49. The first-order valence-corrected chi connectivity index (χ1v) is 4.40. The maximum atomic E-state index is 10.8. The maximum absolute atomic E-state index is 10.8. The summed E-state index contributed by atoms with van der Waals surface area (Å²) in [4.78, 5) is 22.9. The van der Waals surface area contributed by atoms with Gasteiger partial charge in [-0.25, -0.2) is 0 Å². The molecule has 0 aliphatic carbocycles. The summed E-state index contributed by atoms with van der Waals surface area (Å²) in [7, 11) is 0.